The molecule has 1 saturated heterocycles. The van der Waals surface area contributed by atoms with E-state index in [1.54, 1.807) is 18.1 Å². The third kappa shape index (κ3) is 2.86. The molecule has 1 unspecified atom stereocenters. The summed E-state index contributed by atoms with van der Waals surface area (Å²) in [6.45, 7) is 5.51. The molecule has 1 atom stereocenters. The van der Waals surface area contributed by atoms with Crippen LogP contribution in [0.25, 0.3) is 0 Å². The minimum atomic E-state index is -0.233. The number of rotatable bonds is 3. The Bertz CT molecular complexity index is 548. The van der Waals surface area contributed by atoms with Gasteiger partial charge in [0.2, 0.25) is 11.8 Å². The van der Waals surface area contributed by atoms with Crippen LogP contribution >= 0.6 is 0 Å². The van der Waals surface area contributed by atoms with Crippen LogP contribution in [0.1, 0.15) is 31.5 Å². The highest BCUT2D eigenvalue weighted by atomic mass is 16.5. The molecule has 0 spiro atoms. The van der Waals surface area contributed by atoms with Crippen LogP contribution in [0.2, 0.25) is 0 Å². The van der Waals surface area contributed by atoms with Crippen molar-refractivity contribution in [2.75, 3.05) is 19.6 Å². The minimum absolute atomic E-state index is 0.0677. The molecule has 0 radical (unpaired) electrons. The number of carbonyl (C=O) groups is 1. The Kier molecular flexibility index (Phi) is 3.57. The smallest absolute Gasteiger partial charge is 0.317 e. The second-order valence-electron chi connectivity index (χ2n) is 5.94. The molecule has 2 amide bonds. The summed E-state index contributed by atoms with van der Waals surface area (Å²) >= 11 is 0. The maximum atomic E-state index is 12.1. The summed E-state index contributed by atoms with van der Waals surface area (Å²) in [6, 6.07) is -0.0677. The van der Waals surface area contributed by atoms with E-state index in [0.29, 0.717) is 31.4 Å². The summed E-state index contributed by atoms with van der Waals surface area (Å²) in [6.07, 6.45) is 5.71. The Hall–Kier alpha value is -2.05. The number of nitrogens with zero attached hydrogens (tertiary/aromatic N) is 3. The first kappa shape index (κ1) is 13.9. The Morgan fingerprint density at radius 2 is 2.33 bits per heavy atom. The lowest BCUT2D eigenvalue weighted by molar-refractivity contribution is 0.0775. The number of urea groups is 1. The number of likely N-dealkylation sites (tertiary alicyclic amines) is 1. The number of ether oxygens (including phenoxy) is 1. The van der Waals surface area contributed by atoms with E-state index in [9.17, 15) is 4.79 Å². The third-order valence-electron chi connectivity index (χ3n) is 3.91. The van der Waals surface area contributed by atoms with E-state index in [4.69, 9.17) is 9.15 Å². The lowest BCUT2D eigenvalue weighted by atomic mass is 9.82. The summed E-state index contributed by atoms with van der Waals surface area (Å²) < 4.78 is 10.9. The highest BCUT2D eigenvalue weighted by Crippen LogP contribution is 2.33. The van der Waals surface area contributed by atoms with Gasteiger partial charge in [-0.15, -0.1) is 10.2 Å². The molecule has 1 fully saturated rings. The summed E-state index contributed by atoms with van der Waals surface area (Å²) in [7, 11) is 0. The minimum Gasteiger partial charge on any atom is -0.497 e. The van der Waals surface area contributed by atoms with Gasteiger partial charge in [0.25, 0.3) is 0 Å². The van der Waals surface area contributed by atoms with Gasteiger partial charge in [0.15, 0.2) is 0 Å². The van der Waals surface area contributed by atoms with Crippen LogP contribution in [0.4, 0.5) is 4.79 Å². The lowest BCUT2D eigenvalue weighted by Gasteiger charge is -2.45. The second kappa shape index (κ2) is 5.38. The Morgan fingerprint density at radius 1 is 1.52 bits per heavy atom. The van der Waals surface area contributed by atoms with Gasteiger partial charge < -0.3 is 19.4 Å². The topological polar surface area (TPSA) is 80.5 Å². The fourth-order valence-corrected chi connectivity index (χ4v) is 2.66. The molecular weight excluding hydrogens is 272 g/mol. The van der Waals surface area contributed by atoms with Gasteiger partial charge in [0.1, 0.15) is 6.10 Å². The van der Waals surface area contributed by atoms with Gasteiger partial charge >= 0.3 is 6.03 Å². The van der Waals surface area contributed by atoms with E-state index in [1.165, 1.54) is 0 Å². The molecule has 114 valence electrons. The molecule has 0 aliphatic carbocycles. The first-order valence-electron chi connectivity index (χ1n) is 7.21. The molecule has 7 nitrogen and oxygen atoms in total. The molecule has 2 aliphatic heterocycles. The van der Waals surface area contributed by atoms with Crippen molar-refractivity contribution in [3.63, 3.8) is 0 Å². The highest BCUT2D eigenvalue weighted by molar-refractivity contribution is 5.75. The molecule has 0 bridgehead atoms. The van der Waals surface area contributed by atoms with E-state index in [1.807, 2.05) is 13.0 Å². The summed E-state index contributed by atoms with van der Waals surface area (Å²) in [5, 5.41) is 10.8. The van der Waals surface area contributed by atoms with Gasteiger partial charge in [0.05, 0.1) is 18.2 Å². The van der Waals surface area contributed by atoms with E-state index < -0.39 is 0 Å². The average molecular weight is 292 g/mol. The number of allylic oxidation sites excluding steroid dienone is 1. The molecule has 2 aliphatic rings. The number of carbonyl (C=O) groups excluding carboxylic acids is 1. The Morgan fingerprint density at radius 3 is 2.95 bits per heavy atom. The van der Waals surface area contributed by atoms with Gasteiger partial charge in [-0.2, -0.15) is 0 Å². The van der Waals surface area contributed by atoms with Crippen molar-refractivity contribution < 1.29 is 13.9 Å². The SMILES string of the molecule is Cc1nnc(C2(C)CN(C(=O)NCC3CCC=CO3)C2)o1. The van der Waals surface area contributed by atoms with Crippen LogP contribution in [-0.2, 0) is 10.2 Å². The molecule has 21 heavy (non-hydrogen) atoms. The maximum Gasteiger partial charge on any atom is 0.317 e. The summed E-state index contributed by atoms with van der Waals surface area (Å²) in [4.78, 5) is 13.8. The number of aryl methyl sites for hydroxylation is 1. The average Bonchev–Trinajstić information content (AvgIpc) is 2.89. The van der Waals surface area contributed by atoms with E-state index >= 15 is 0 Å². The summed E-state index contributed by atoms with van der Waals surface area (Å²) in [5.41, 5.74) is -0.233. The molecule has 1 aromatic heterocycles. The van der Waals surface area contributed by atoms with Crippen molar-refractivity contribution in [2.24, 2.45) is 0 Å². The monoisotopic (exact) mass is 292 g/mol. The van der Waals surface area contributed by atoms with E-state index in [-0.39, 0.29) is 17.6 Å². The lowest BCUT2D eigenvalue weighted by Crippen LogP contribution is -2.62. The zero-order valence-electron chi connectivity index (χ0n) is 12.3. The summed E-state index contributed by atoms with van der Waals surface area (Å²) in [5.74, 6) is 1.15. The molecular formula is C14H20N4O3. The molecule has 7 heteroatoms. The fraction of sp³-hybridized carbons (Fsp3) is 0.643. The van der Waals surface area contributed by atoms with Gasteiger partial charge in [-0.05, 0) is 25.8 Å². The number of amides is 2. The molecule has 3 rings (SSSR count). The van der Waals surface area contributed by atoms with Crippen molar-refractivity contribution in [3.8, 4) is 0 Å². The molecule has 1 aromatic rings. The van der Waals surface area contributed by atoms with Crippen molar-refractivity contribution >= 4 is 6.03 Å². The highest BCUT2D eigenvalue weighted by Gasteiger charge is 2.46. The normalized spacial score (nSPS) is 23.3. The largest absolute Gasteiger partial charge is 0.497 e. The predicted molar refractivity (Wildman–Crippen MR) is 74.6 cm³/mol. The van der Waals surface area contributed by atoms with Crippen molar-refractivity contribution in [1.29, 1.82) is 0 Å². The quantitative estimate of drug-likeness (QED) is 0.909. The third-order valence-corrected chi connectivity index (χ3v) is 3.91. The predicted octanol–water partition coefficient (Wildman–Crippen LogP) is 1.35. The van der Waals surface area contributed by atoms with Crippen LogP contribution in [0.15, 0.2) is 16.8 Å². The van der Waals surface area contributed by atoms with Gasteiger partial charge in [0, 0.05) is 20.0 Å². The molecule has 0 saturated carbocycles. The molecule has 3 heterocycles. The second-order valence-corrected chi connectivity index (χ2v) is 5.94. The van der Waals surface area contributed by atoms with Crippen LogP contribution < -0.4 is 5.32 Å². The van der Waals surface area contributed by atoms with Crippen LogP contribution in [0.3, 0.4) is 0 Å². The fourth-order valence-electron chi connectivity index (χ4n) is 2.66. The first-order valence-corrected chi connectivity index (χ1v) is 7.21. The van der Waals surface area contributed by atoms with Crippen LogP contribution in [-0.4, -0.2) is 46.9 Å². The van der Waals surface area contributed by atoms with Gasteiger partial charge in [-0.25, -0.2) is 4.79 Å². The van der Waals surface area contributed by atoms with Crippen LogP contribution in [0, 0.1) is 6.92 Å². The number of hydrogen-bond donors (Lipinski definition) is 1. The maximum absolute atomic E-state index is 12.1. The zero-order valence-corrected chi connectivity index (χ0v) is 12.3. The standard InChI is InChI=1S/C14H20N4O3/c1-10-16-17-12(21-10)14(2)8-18(9-14)13(19)15-7-11-5-3-4-6-20-11/h4,6,11H,3,5,7-9H2,1-2H3,(H,15,19). The van der Waals surface area contributed by atoms with Crippen molar-refractivity contribution in [3.05, 3.63) is 24.1 Å². The van der Waals surface area contributed by atoms with Gasteiger partial charge in [-0.1, -0.05) is 0 Å². The first-order chi connectivity index (χ1) is 10.1. The van der Waals surface area contributed by atoms with Crippen molar-refractivity contribution in [2.45, 2.75) is 38.2 Å². The molecule has 0 aromatic carbocycles. The number of hydrogen-bond acceptors (Lipinski definition) is 5. The Labute approximate surface area is 123 Å². The van der Waals surface area contributed by atoms with Crippen LogP contribution in [0.5, 0.6) is 0 Å². The van der Waals surface area contributed by atoms with E-state index in [0.717, 1.165) is 12.8 Å². The van der Waals surface area contributed by atoms with E-state index in [2.05, 4.69) is 15.5 Å². The number of nitrogens with one attached hydrogen (secondary N) is 1. The van der Waals surface area contributed by atoms with Crippen molar-refractivity contribution in [1.82, 2.24) is 20.4 Å². The zero-order chi connectivity index (χ0) is 14.9. The molecule has 1 N–H and O–H groups in total. The van der Waals surface area contributed by atoms with Gasteiger partial charge in [-0.3, -0.25) is 0 Å². The number of aromatic nitrogens is 2. The Balaban J connectivity index is 1.47.